The second-order valence-electron chi connectivity index (χ2n) is 4.73. The fourth-order valence-electron chi connectivity index (χ4n) is 1.93. The number of carbonyl (C=O) groups is 2. The first-order valence-corrected chi connectivity index (χ1v) is 6.29. The fourth-order valence-corrected chi connectivity index (χ4v) is 1.93. The van der Waals surface area contributed by atoms with Gasteiger partial charge in [-0.25, -0.2) is 0 Å². The predicted molar refractivity (Wildman–Crippen MR) is 66.5 cm³/mol. The van der Waals surface area contributed by atoms with Crippen molar-refractivity contribution in [2.45, 2.75) is 32.7 Å². The van der Waals surface area contributed by atoms with Gasteiger partial charge in [-0.15, -0.1) is 0 Å². The van der Waals surface area contributed by atoms with Crippen LogP contribution in [0.1, 0.15) is 26.7 Å². The molecule has 0 radical (unpaired) electrons. The molecule has 1 fully saturated rings. The number of nitrogens with one attached hydrogen (secondary N) is 2. The number of piperidine rings is 1. The largest absolute Gasteiger partial charge is 0.351 e. The van der Waals surface area contributed by atoms with Crippen molar-refractivity contribution in [2.24, 2.45) is 5.92 Å². The zero-order valence-electron chi connectivity index (χ0n) is 11.0. The van der Waals surface area contributed by atoms with E-state index >= 15 is 0 Å². The van der Waals surface area contributed by atoms with Crippen molar-refractivity contribution in [2.75, 3.05) is 26.7 Å². The van der Waals surface area contributed by atoms with Crippen molar-refractivity contribution >= 4 is 11.8 Å². The van der Waals surface area contributed by atoms with Gasteiger partial charge in [0.15, 0.2) is 0 Å². The highest BCUT2D eigenvalue weighted by atomic mass is 16.2. The number of nitrogens with zero attached hydrogens (tertiary/aromatic N) is 1. The predicted octanol–water partition coefficient (Wildman–Crippen LogP) is -0.0310. The van der Waals surface area contributed by atoms with E-state index in [0.29, 0.717) is 19.5 Å². The zero-order chi connectivity index (χ0) is 12.8. The summed E-state index contributed by atoms with van der Waals surface area (Å²) in [6, 6.07) is 0.106. The Balaban J connectivity index is 2.33. The monoisotopic (exact) mass is 241 g/mol. The van der Waals surface area contributed by atoms with Crippen molar-refractivity contribution in [3.8, 4) is 0 Å². The number of likely N-dealkylation sites (tertiary alicyclic amines) is 1. The Hall–Kier alpha value is -1.10. The molecule has 1 aliphatic rings. The van der Waals surface area contributed by atoms with Crippen LogP contribution in [0.3, 0.4) is 0 Å². The van der Waals surface area contributed by atoms with Crippen molar-refractivity contribution in [1.82, 2.24) is 15.5 Å². The lowest BCUT2D eigenvalue weighted by Gasteiger charge is -2.30. The average Bonchev–Trinajstić information content (AvgIpc) is 2.30. The lowest BCUT2D eigenvalue weighted by Crippen LogP contribution is -2.50. The van der Waals surface area contributed by atoms with Crippen molar-refractivity contribution in [3.63, 3.8) is 0 Å². The molecule has 1 aliphatic heterocycles. The summed E-state index contributed by atoms with van der Waals surface area (Å²) >= 11 is 0. The number of amides is 2. The lowest BCUT2D eigenvalue weighted by molar-refractivity contribution is -0.134. The second-order valence-corrected chi connectivity index (χ2v) is 4.73. The molecule has 2 atom stereocenters. The number of likely N-dealkylation sites (N-methyl/N-ethyl adjacent to an activating group) is 1. The molecule has 0 spiro atoms. The fraction of sp³-hybridized carbons (Fsp3) is 0.833. The standard InChI is InChI=1S/C12H23N3O2/c1-4-13-7-9(2)12(17)14-10-5-6-11(16)15(3)8-10/h9-10,13H,4-8H2,1-3H3,(H,14,17). The number of rotatable bonds is 5. The molecule has 0 bridgehead atoms. The summed E-state index contributed by atoms with van der Waals surface area (Å²) in [5.41, 5.74) is 0. The van der Waals surface area contributed by atoms with E-state index in [2.05, 4.69) is 10.6 Å². The van der Waals surface area contributed by atoms with Gasteiger partial charge in [0.05, 0.1) is 0 Å². The van der Waals surface area contributed by atoms with Gasteiger partial charge in [-0.05, 0) is 13.0 Å². The third kappa shape index (κ3) is 4.34. The van der Waals surface area contributed by atoms with E-state index in [9.17, 15) is 9.59 Å². The summed E-state index contributed by atoms with van der Waals surface area (Å²) < 4.78 is 0. The van der Waals surface area contributed by atoms with Gasteiger partial charge in [0.25, 0.3) is 0 Å². The van der Waals surface area contributed by atoms with E-state index in [0.717, 1.165) is 13.0 Å². The van der Waals surface area contributed by atoms with Gasteiger partial charge >= 0.3 is 0 Å². The van der Waals surface area contributed by atoms with Crippen molar-refractivity contribution in [3.05, 3.63) is 0 Å². The molecule has 5 nitrogen and oxygen atoms in total. The molecule has 0 aromatic rings. The van der Waals surface area contributed by atoms with Gasteiger partial charge in [-0.1, -0.05) is 13.8 Å². The van der Waals surface area contributed by atoms with E-state index in [4.69, 9.17) is 0 Å². The Kier molecular flexibility index (Phi) is 5.41. The molecule has 2 unspecified atom stereocenters. The quantitative estimate of drug-likeness (QED) is 0.710. The lowest BCUT2D eigenvalue weighted by atomic mass is 10.0. The maximum atomic E-state index is 11.9. The van der Waals surface area contributed by atoms with E-state index in [-0.39, 0.29) is 23.8 Å². The molecule has 5 heteroatoms. The van der Waals surface area contributed by atoms with Crippen LogP contribution in [0.2, 0.25) is 0 Å². The van der Waals surface area contributed by atoms with Crippen LogP contribution in [-0.2, 0) is 9.59 Å². The van der Waals surface area contributed by atoms with E-state index in [1.165, 1.54) is 0 Å². The summed E-state index contributed by atoms with van der Waals surface area (Å²) in [5, 5.41) is 6.16. The second kappa shape index (κ2) is 6.59. The van der Waals surface area contributed by atoms with Crippen LogP contribution >= 0.6 is 0 Å². The summed E-state index contributed by atoms with van der Waals surface area (Å²) in [6.45, 7) is 6.13. The van der Waals surface area contributed by atoms with Crippen LogP contribution in [0.15, 0.2) is 0 Å². The van der Waals surface area contributed by atoms with Crippen LogP contribution in [0.4, 0.5) is 0 Å². The van der Waals surface area contributed by atoms with Gasteiger partial charge in [-0.2, -0.15) is 0 Å². The first-order valence-electron chi connectivity index (χ1n) is 6.29. The minimum Gasteiger partial charge on any atom is -0.351 e. The molecule has 0 aromatic heterocycles. The molecule has 0 aliphatic carbocycles. The molecule has 2 amide bonds. The Morgan fingerprint density at radius 3 is 2.88 bits per heavy atom. The molecule has 1 saturated heterocycles. The third-order valence-corrected chi connectivity index (χ3v) is 3.12. The van der Waals surface area contributed by atoms with Gasteiger partial charge in [0.1, 0.15) is 0 Å². The molecule has 2 N–H and O–H groups in total. The highest BCUT2D eigenvalue weighted by Crippen LogP contribution is 2.10. The van der Waals surface area contributed by atoms with E-state index < -0.39 is 0 Å². The van der Waals surface area contributed by atoms with Crippen molar-refractivity contribution < 1.29 is 9.59 Å². The van der Waals surface area contributed by atoms with Crippen LogP contribution in [0.5, 0.6) is 0 Å². The number of hydrogen-bond donors (Lipinski definition) is 2. The minimum absolute atomic E-state index is 0.0297. The zero-order valence-corrected chi connectivity index (χ0v) is 11.0. The van der Waals surface area contributed by atoms with Crippen LogP contribution in [0.25, 0.3) is 0 Å². The smallest absolute Gasteiger partial charge is 0.224 e. The van der Waals surface area contributed by atoms with Gasteiger partial charge in [0.2, 0.25) is 11.8 Å². The first-order chi connectivity index (χ1) is 8.04. The first kappa shape index (κ1) is 14.0. The molecular weight excluding hydrogens is 218 g/mol. The highest BCUT2D eigenvalue weighted by molar-refractivity contribution is 5.80. The molecule has 1 heterocycles. The SMILES string of the molecule is CCNCC(C)C(=O)NC1CCC(=O)N(C)C1. The highest BCUT2D eigenvalue weighted by Gasteiger charge is 2.25. The molecule has 0 saturated carbocycles. The third-order valence-electron chi connectivity index (χ3n) is 3.12. The number of hydrogen-bond acceptors (Lipinski definition) is 3. The van der Waals surface area contributed by atoms with Crippen molar-refractivity contribution in [1.29, 1.82) is 0 Å². The maximum absolute atomic E-state index is 11.9. The molecule has 98 valence electrons. The normalized spacial score (nSPS) is 22.4. The summed E-state index contributed by atoms with van der Waals surface area (Å²) in [4.78, 5) is 24.8. The topological polar surface area (TPSA) is 61.4 Å². The minimum atomic E-state index is -0.0297. The Labute approximate surface area is 103 Å². The van der Waals surface area contributed by atoms with Crippen LogP contribution in [0, 0.1) is 5.92 Å². The Bertz CT molecular complexity index is 281. The summed E-state index contributed by atoms with van der Waals surface area (Å²) in [6.07, 6.45) is 1.28. The summed E-state index contributed by atoms with van der Waals surface area (Å²) in [7, 11) is 1.78. The van der Waals surface area contributed by atoms with Crippen LogP contribution < -0.4 is 10.6 Å². The van der Waals surface area contributed by atoms with E-state index in [1.54, 1.807) is 11.9 Å². The van der Waals surface area contributed by atoms with Gasteiger partial charge < -0.3 is 15.5 Å². The molecule has 17 heavy (non-hydrogen) atoms. The molecule has 1 rings (SSSR count). The Morgan fingerprint density at radius 2 is 2.29 bits per heavy atom. The van der Waals surface area contributed by atoms with Gasteiger partial charge in [-0.3, -0.25) is 9.59 Å². The summed E-state index contributed by atoms with van der Waals surface area (Å²) in [5.74, 6) is 0.202. The maximum Gasteiger partial charge on any atom is 0.224 e. The molecular formula is C12H23N3O2. The Morgan fingerprint density at radius 1 is 1.59 bits per heavy atom. The van der Waals surface area contributed by atoms with Gasteiger partial charge in [0, 0.05) is 38.5 Å². The van der Waals surface area contributed by atoms with E-state index in [1.807, 2.05) is 13.8 Å². The average molecular weight is 241 g/mol. The number of carbonyl (C=O) groups excluding carboxylic acids is 2. The molecule has 0 aromatic carbocycles. The van der Waals surface area contributed by atoms with Crippen LogP contribution in [-0.4, -0.2) is 49.4 Å².